The summed E-state index contributed by atoms with van der Waals surface area (Å²) in [6.07, 6.45) is -2.78. The van der Waals surface area contributed by atoms with Crippen LogP contribution in [-0.2, 0) is 22.6 Å². The average Bonchev–Trinajstić information content (AvgIpc) is 2.78. The molecule has 0 saturated carbocycles. The Balaban J connectivity index is 2.95. The number of rotatable bonds is 5. The summed E-state index contributed by atoms with van der Waals surface area (Å²) in [6.45, 7) is 2.85. The van der Waals surface area contributed by atoms with Gasteiger partial charge in [0.2, 0.25) is 0 Å². The van der Waals surface area contributed by atoms with E-state index in [1.54, 1.807) is 6.92 Å². The monoisotopic (exact) mass is 327 g/mol. The zero-order valence-electron chi connectivity index (χ0n) is 11.7. The Morgan fingerprint density at radius 2 is 2.05 bits per heavy atom. The molecule has 1 atom stereocenters. The molecule has 21 heavy (non-hydrogen) atoms. The lowest BCUT2D eigenvalue weighted by Crippen LogP contribution is -2.35. The largest absolute Gasteiger partial charge is 0.435 e. The van der Waals surface area contributed by atoms with Crippen molar-refractivity contribution in [1.82, 2.24) is 15.1 Å². The van der Waals surface area contributed by atoms with Gasteiger partial charge in [-0.2, -0.15) is 18.3 Å². The van der Waals surface area contributed by atoms with E-state index in [0.717, 1.165) is 17.1 Å². The van der Waals surface area contributed by atoms with Crippen molar-refractivity contribution in [2.75, 3.05) is 12.8 Å². The summed E-state index contributed by atoms with van der Waals surface area (Å²) >= 11 is 0. The van der Waals surface area contributed by atoms with Gasteiger partial charge in [0.05, 0.1) is 10.8 Å². The molecule has 1 N–H and O–H groups in total. The first-order valence-corrected chi connectivity index (χ1v) is 8.04. The molecule has 1 rings (SSSR count). The number of amides is 1. The van der Waals surface area contributed by atoms with Crippen molar-refractivity contribution in [2.45, 2.75) is 31.8 Å². The van der Waals surface area contributed by atoms with Crippen molar-refractivity contribution in [2.24, 2.45) is 0 Å². The van der Waals surface area contributed by atoms with Crippen LogP contribution in [0.5, 0.6) is 0 Å². The molecule has 0 radical (unpaired) electrons. The summed E-state index contributed by atoms with van der Waals surface area (Å²) in [7, 11) is -3.38. The number of sulfone groups is 1. The molecule has 1 aromatic rings. The zero-order valence-corrected chi connectivity index (χ0v) is 12.5. The molecule has 120 valence electrons. The summed E-state index contributed by atoms with van der Waals surface area (Å²) in [6, 6.07) is 0. The second-order valence-electron chi connectivity index (χ2n) is 4.60. The molecule has 0 aliphatic carbocycles. The molecule has 0 aliphatic heterocycles. The van der Waals surface area contributed by atoms with Crippen molar-refractivity contribution in [3.63, 3.8) is 0 Å². The third kappa shape index (κ3) is 4.45. The van der Waals surface area contributed by atoms with Gasteiger partial charge in [-0.25, -0.2) is 8.42 Å². The second-order valence-corrected chi connectivity index (χ2v) is 7.06. The van der Waals surface area contributed by atoms with Crippen LogP contribution >= 0.6 is 0 Å². The number of aromatic nitrogens is 2. The number of carbonyl (C=O) groups is 1. The molecular weight excluding hydrogens is 311 g/mol. The summed E-state index contributed by atoms with van der Waals surface area (Å²) < 4.78 is 61.8. The maximum absolute atomic E-state index is 12.8. The predicted molar refractivity (Wildman–Crippen MR) is 69.5 cm³/mol. The SMILES string of the molecule is CCn1cc(C(=O)NCC(C)S(C)(=O)=O)c(C(F)(F)F)n1. The van der Waals surface area contributed by atoms with E-state index in [9.17, 15) is 26.4 Å². The van der Waals surface area contributed by atoms with E-state index in [0.29, 0.717) is 0 Å². The minimum absolute atomic E-state index is 0.177. The van der Waals surface area contributed by atoms with Gasteiger partial charge < -0.3 is 5.32 Å². The van der Waals surface area contributed by atoms with Gasteiger partial charge in [-0.3, -0.25) is 9.48 Å². The van der Waals surface area contributed by atoms with E-state index >= 15 is 0 Å². The van der Waals surface area contributed by atoms with Crippen molar-refractivity contribution in [3.8, 4) is 0 Å². The number of nitrogens with zero attached hydrogens (tertiary/aromatic N) is 2. The molecule has 10 heteroatoms. The lowest BCUT2D eigenvalue weighted by Gasteiger charge is -2.11. The molecule has 1 heterocycles. The molecule has 1 unspecified atom stereocenters. The molecule has 0 aliphatic rings. The van der Waals surface area contributed by atoms with Gasteiger partial charge in [-0.1, -0.05) is 0 Å². The smallest absolute Gasteiger partial charge is 0.351 e. The van der Waals surface area contributed by atoms with E-state index in [-0.39, 0.29) is 13.1 Å². The van der Waals surface area contributed by atoms with Gasteiger partial charge in [-0.15, -0.1) is 0 Å². The van der Waals surface area contributed by atoms with Gasteiger partial charge in [-0.05, 0) is 13.8 Å². The van der Waals surface area contributed by atoms with Crippen LogP contribution in [0.1, 0.15) is 29.9 Å². The number of carbonyl (C=O) groups excluding carboxylic acids is 1. The van der Waals surface area contributed by atoms with Crippen LogP contribution in [-0.4, -0.2) is 42.2 Å². The Kier molecular flexibility index (Phi) is 5.03. The van der Waals surface area contributed by atoms with Crippen LogP contribution in [0.3, 0.4) is 0 Å². The molecule has 1 aromatic heterocycles. The highest BCUT2D eigenvalue weighted by atomic mass is 32.2. The quantitative estimate of drug-likeness (QED) is 0.878. The number of nitrogens with one attached hydrogen (secondary N) is 1. The highest BCUT2D eigenvalue weighted by Gasteiger charge is 2.39. The van der Waals surface area contributed by atoms with Gasteiger partial charge >= 0.3 is 6.18 Å². The topological polar surface area (TPSA) is 81.1 Å². The van der Waals surface area contributed by atoms with Crippen LogP contribution in [0.2, 0.25) is 0 Å². The third-order valence-electron chi connectivity index (χ3n) is 2.88. The lowest BCUT2D eigenvalue weighted by molar-refractivity contribution is -0.141. The second kappa shape index (κ2) is 6.04. The highest BCUT2D eigenvalue weighted by Crippen LogP contribution is 2.30. The highest BCUT2D eigenvalue weighted by molar-refractivity contribution is 7.91. The fourth-order valence-electron chi connectivity index (χ4n) is 1.44. The average molecular weight is 327 g/mol. The van der Waals surface area contributed by atoms with E-state index in [2.05, 4.69) is 10.4 Å². The molecule has 1 amide bonds. The molecular formula is C11H16F3N3O3S. The number of hydrogen-bond acceptors (Lipinski definition) is 4. The molecule has 0 spiro atoms. The minimum Gasteiger partial charge on any atom is -0.351 e. The van der Waals surface area contributed by atoms with Crippen molar-refractivity contribution in [1.29, 1.82) is 0 Å². The zero-order chi connectivity index (χ0) is 16.4. The molecule has 0 bridgehead atoms. The summed E-state index contributed by atoms with van der Waals surface area (Å²) in [5.74, 6) is -1.00. The van der Waals surface area contributed by atoms with Gasteiger partial charge in [0.25, 0.3) is 5.91 Å². The van der Waals surface area contributed by atoms with Crippen LogP contribution in [0.15, 0.2) is 6.20 Å². The maximum Gasteiger partial charge on any atom is 0.435 e. The van der Waals surface area contributed by atoms with Crippen molar-refractivity contribution < 1.29 is 26.4 Å². The Labute approximate surface area is 120 Å². The Hall–Kier alpha value is -1.58. The van der Waals surface area contributed by atoms with Crippen LogP contribution in [0, 0.1) is 0 Å². The summed E-state index contributed by atoms with van der Waals surface area (Å²) in [5, 5.41) is 4.60. The Morgan fingerprint density at radius 3 is 2.48 bits per heavy atom. The summed E-state index contributed by atoms with van der Waals surface area (Å²) in [5.41, 5.74) is -1.90. The Bertz CT molecular complexity index is 622. The number of halogens is 3. The van der Waals surface area contributed by atoms with Gasteiger partial charge in [0.1, 0.15) is 0 Å². The first-order chi connectivity index (χ1) is 9.46. The van der Waals surface area contributed by atoms with E-state index in [4.69, 9.17) is 0 Å². The third-order valence-corrected chi connectivity index (χ3v) is 4.51. The molecule has 0 saturated heterocycles. The van der Waals surface area contributed by atoms with Crippen LogP contribution < -0.4 is 5.32 Å². The van der Waals surface area contributed by atoms with Crippen molar-refractivity contribution >= 4 is 15.7 Å². The molecule has 6 nitrogen and oxygen atoms in total. The minimum atomic E-state index is -4.75. The van der Waals surface area contributed by atoms with E-state index in [1.807, 2.05) is 0 Å². The Morgan fingerprint density at radius 1 is 1.48 bits per heavy atom. The number of alkyl halides is 3. The summed E-state index contributed by atoms with van der Waals surface area (Å²) in [4.78, 5) is 11.8. The predicted octanol–water partition coefficient (Wildman–Crippen LogP) is 1.08. The maximum atomic E-state index is 12.8. The van der Waals surface area contributed by atoms with Crippen molar-refractivity contribution in [3.05, 3.63) is 17.5 Å². The van der Waals surface area contributed by atoms with Gasteiger partial charge in [0.15, 0.2) is 15.5 Å². The van der Waals surface area contributed by atoms with E-state index in [1.165, 1.54) is 6.92 Å². The molecule has 0 aromatic carbocycles. The fourth-order valence-corrected chi connectivity index (χ4v) is 1.83. The fraction of sp³-hybridized carbons (Fsp3) is 0.636. The van der Waals surface area contributed by atoms with Crippen LogP contribution in [0.4, 0.5) is 13.2 Å². The van der Waals surface area contributed by atoms with E-state index < -0.39 is 38.4 Å². The van der Waals surface area contributed by atoms with Gasteiger partial charge in [0, 0.05) is 25.5 Å². The lowest BCUT2D eigenvalue weighted by atomic mass is 10.2. The number of aryl methyl sites for hydroxylation is 1. The standard InChI is InChI=1S/C11H16F3N3O3S/c1-4-17-6-8(9(16-17)11(12,13)14)10(18)15-5-7(2)21(3,19)20/h6-7H,4-5H2,1-3H3,(H,15,18). The first-order valence-electron chi connectivity index (χ1n) is 6.08. The first kappa shape index (κ1) is 17.5. The van der Waals surface area contributed by atoms with Crippen LogP contribution in [0.25, 0.3) is 0 Å². The molecule has 0 fully saturated rings. The normalized spacial score (nSPS) is 14.0. The number of hydrogen-bond donors (Lipinski definition) is 1.